The van der Waals surface area contributed by atoms with Gasteiger partial charge in [0.15, 0.2) is 0 Å². The minimum absolute atomic E-state index is 0.0219. The van der Waals surface area contributed by atoms with Crippen molar-refractivity contribution in [2.45, 2.75) is 37.6 Å². The van der Waals surface area contributed by atoms with Gasteiger partial charge in [-0.15, -0.1) is 0 Å². The zero-order valence-corrected chi connectivity index (χ0v) is 13.4. The monoisotopic (exact) mass is 303 g/mol. The van der Waals surface area contributed by atoms with Gasteiger partial charge in [-0.25, -0.2) is 4.79 Å². The molecule has 5 nitrogen and oxygen atoms in total. The minimum Gasteiger partial charge on any atom is -0.374 e. The number of hydrogen-bond acceptors (Lipinski definition) is 3. The molecular formula is C17H25N3O2. The second kappa shape index (κ2) is 6.67. The third-order valence-electron chi connectivity index (χ3n) is 4.71. The molecule has 0 bridgehead atoms. The van der Waals surface area contributed by atoms with E-state index in [1.165, 1.54) is 0 Å². The van der Waals surface area contributed by atoms with E-state index in [0.717, 1.165) is 31.6 Å². The van der Waals surface area contributed by atoms with E-state index in [2.05, 4.69) is 24.3 Å². The van der Waals surface area contributed by atoms with Gasteiger partial charge in [-0.05, 0) is 32.5 Å². The van der Waals surface area contributed by atoms with Crippen molar-refractivity contribution < 1.29 is 9.53 Å². The number of amides is 2. The third-order valence-corrected chi connectivity index (χ3v) is 4.71. The fourth-order valence-electron chi connectivity index (χ4n) is 3.49. The van der Waals surface area contributed by atoms with E-state index in [1.807, 2.05) is 35.2 Å². The van der Waals surface area contributed by atoms with Gasteiger partial charge in [0.05, 0.1) is 18.2 Å². The lowest BCUT2D eigenvalue weighted by atomic mass is 10.0. The smallest absolute Gasteiger partial charge is 0.318 e. The number of hydrogen-bond donors (Lipinski definition) is 1. The van der Waals surface area contributed by atoms with E-state index in [4.69, 9.17) is 4.74 Å². The summed E-state index contributed by atoms with van der Waals surface area (Å²) in [7, 11) is 4.12. The molecule has 2 aliphatic rings. The van der Waals surface area contributed by atoms with Gasteiger partial charge in [-0.1, -0.05) is 30.3 Å². The van der Waals surface area contributed by atoms with Crippen LogP contribution >= 0.6 is 0 Å². The van der Waals surface area contributed by atoms with Crippen molar-refractivity contribution >= 4 is 6.03 Å². The van der Waals surface area contributed by atoms with E-state index in [0.29, 0.717) is 6.54 Å². The number of urea groups is 1. The van der Waals surface area contributed by atoms with Crippen molar-refractivity contribution in [3.05, 3.63) is 35.9 Å². The van der Waals surface area contributed by atoms with Gasteiger partial charge in [0.25, 0.3) is 0 Å². The fraction of sp³-hybridized carbons (Fsp3) is 0.588. The summed E-state index contributed by atoms with van der Waals surface area (Å²) >= 11 is 0. The molecule has 22 heavy (non-hydrogen) atoms. The average Bonchev–Trinajstić information content (AvgIpc) is 2.93. The molecule has 0 aromatic heterocycles. The standard InChI is InChI=1S/C17H25N3O2/c1-19(2)15-12-20(14-9-6-10-22-16(14)15)17(21)18-11-13-7-4-3-5-8-13/h3-5,7-8,14-16H,6,9-12H2,1-2H3,(H,18,21)/t14-,15-,16+/m1/s1. The molecule has 3 rings (SSSR count). The Labute approximate surface area is 132 Å². The summed E-state index contributed by atoms with van der Waals surface area (Å²) in [6, 6.07) is 10.5. The molecule has 2 fully saturated rings. The molecule has 0 spiro atoms. The normalized spacial score (nSPS) is 27.8. The number of carbonyl (C=O) groups excluding carboxylic acids is 1. The van der Waals surface area contributed by atoms with Crippen LogP contribution in [0.1, 0.15) is 18.4 Å². The van der Waals surface area contributed by atoms with Crippen molar-refractivity contribution in [1.29, 1.82) is 0 Å². The van der Waals surface area contributed by atoms with E-state index in [-0.39, 0.29) is 24.2 Å². The number of ether oxygens (including phenoxy) is 1. The second-order valence-corrected chi connectivity index (χ2v) is 6.37. The fourth-order valence-corrected chi connectivity index (χ4v) is 3.49. The molecule has 0 saturated carbocycles. The highest BCUT2D eigenvalue weighted by molar-refractivity contribution is 5.75. The maximum absolute atomic E-state index is 12.6. The van der Waals surface area contributed by atoms with Crippen LogP contribution in [0, 0.1) is 0 Å². The quantitative estimate of drug-likeness (QED) is 0.924. The first kappa shape index (κ1) is 15.3. The van der Waals surface area contributed by atoms with Crippen LogP contribution in [0.4, 0.5) is 4.79 Å². The maximum Gasteiger partial charge on any atom is 0.318 e. The van der Waals surface area contributed by atoms with Crippen LogP contribution in [-0.2, 0) is 11.3 Å². The molecule has 0 radical (unpaired) electrons. The molecule has 3 atom stereocenters. The Morgan fingerprint density at radius 3 is 2.86 bits per heavy atom. The number of nitrogens with zero attached hydrogens (tertiary/aromatic N) is 2. The molecule has 120 valence electrons. The predicted octanol–water partition coefficient (Wildman–Crippen LogP) is 1.69. The van der Waals surface area contributed by atoms with Gasteiger partial charge >= 0.3 is 6.03 Å². The summed E-state index contributed by atoms with van der Waals surface area (Å²) in [4.78, 5) is 16.7. The predicted molar refractivity (Wildman–Crippen MR) is 85.6 cm³/mol. The Hall–Kier alpha value is -1.59. The lowest BCUT2D eigenvalue weighted by molar-refractivity contribution is -0.0295. The average molecular weight is 303 g/mol. The summed E-state index contributed by atoms with van der Waals surface area (Å²) in [5, 5.41) is 3.05. The molecule has 1 N–H and O–H groups in total. The van der Waals surface area contributed by atoms with Crippen molar-refractivity contribution in [2.24, 2.45) is 0 Å². The van der Waals surface area contributed by atoms with E-state index < -0.39 is 0 Å². The highest BCUT2D eigenvalue weighted by Crippen LogP contribution is 2.30. The molecule has 2 amide bonds. The highest BCUT2D eigenvalue weighted by Gasteiger charge is 2.46. The first-order chi connectivity index (χ1) is 10.7. The van der Waals surface area contributed by atoms with Crippen LogP contribution in [0.15, 0.2) is 30.3 Å². The molecule has 0 aliphatic carbocycles. The van der Waals surface area contributed by atoms with Gasteiger partial charge in [0, 0.05) is 19.7 Å². The van der Waals surface area contributed by atoms with Gasteiger partial charge in [-0.3, -0.25) is 0 Å². The number of fused-ring (bicyclic) bond motifs is 1. The van der Waals surface area contributed by atoms with E-state index in [9.17, 15) is 4.79 Å². The Bertz CT molecular complexity index is 506. The summed E-state index contributed by atoms with van der Waals surface area (Å²) in [6.07, 6.45) is 2.21. The molecular weight excluding hydrogens is 278 g/mol. The van der Waals surface area contributed by atoms with Gasteiger partial charge < -0.3 is 19.9 Å². The van der Waals surface area contributed by atoms with Crippen LogP contribution in [0.25, 0.3) is 0 Å². The van der Waals surface area contributed by atoms with Crippen LogP contribution in [0.3, 0.4) is 0 Å². The Balaban J connectivity index is 1.64. The number of carbonyl (C=O) groups is 1. The van der Waals surface area contributed by atoms with Crippen molar-refractivity contribution in [3.63, 3.8) is 0 Å². The summed E-state index contributed by atoms with van der Waals surface area (Å²) in [5.41, 5.74) is 1.12. The molecule has 2 aliphatic heterocycles. The Morgan fingerprint density at radius 1 is 1.36 bits per heavy atom. The van der Waals surface area contributed by atoms with Gasteiger partial charge in [-0.2, -0.15) is 0 Å². The largest absolute Gasteiger partial charge is 0.374 e. The van der Waals surface area contributed by atoms with E-state index >= 15 is 0 Å². The van der Waals surface area contributed by atoms with E-state index in [1.54, 1.807) is 0 Å². The Morgan fingerprint density at radius 2 is 2.14 bits per heavy atom. The molecule has 2 saturated heterocycles. The second-order valence-electron chi connectivity index (χ2n) is 6.37. The lowest BCUT2D eigenvalue weighted by Gasteiger charge is -2.33. The molecule has 0 unspecified atom stereocenters. The summed E-state index contributed by atoms with van der Waals surface area (Å²) in [6.45, 7) is 2.12. The Kier molecular flexibility index (Phi) is 4.64. The highest BCUT2D eigenvalue weighted by atomic mass is 16.5. The first-order valence-electron chi connectivity index (χ1n) is 8.03. The van der Waals surface area contributed by atoms with Crippen molar-refractivity contribution in [3.8, 4) is 0 Å². The van der Waals surface area contributed by atoms with Crippen LogP contribution < -0.4 is 5.32 Å². The van der Waals surface area contributed by atoms with Gasteiger partial charge in [0.1, 0.15) is 0 Å². The summed E-state index contributed by atoms with van der Waals surface area (Å²) in [5.74, 6) is 0. The first-order valence-corrected chi connectivity index (χ1v) is 8.03. The zero-order valence-electron chi connectivity index (χ0n) is 13.4. The van der Waals surface area contributed by atoms with Crippen LogP contribution in [0.2, 0.25) is 0 Å². The number of rotatable bonds is 3. The topological polar surface area (TPSA) is 44.8 Å². The maximum atomic E-state index is 12.6. The van der Waals surface area contributed by atoms with Crippen molar-refractivity contribution in [2.75, 3.05) is 27.2 Å². The molecule has 1 aromatic carbocycles. The number of nitrogens with one attached hydrogen (secondary N) is 1. The lowest BCUT2D eigenvalue weighted by Crippen LogP contribution is -2.47. The SMILES string of the molecule is CN(C)[C@@H]1CN(C(=O)NCc2ccccc2)[C@@H]2CCCO[C@H]12. The van der Waals surface area contributed by atoms with Crippen molar-refractivity contribution in [1.82, 2.24) is 15.1 Å². The number of likely N-dealkylation sites (N-methyl/N-ethyl adjacent to an activating group) is 1. The molecule has 1 aromatic rings. The van der Waals surface area contributed by atoms with Crippen LogP contribution in [-0.4, -0.2) is 61.3 Å². The number of likely N-dealkylation sites (tertiary alicyclic amines) is 1. The summed E-state index contributed by atoms with van der Waals surface area (Å²) < 4.78 is 5.96. The molecule has 2 heterocycles. The molecule has 5 heteroatoms. The third kappa shape index (κ3) is 3.10. The minimum atomic E-state index is 0.0219. The zero-order chi connectivity index (χ0) is 15.5. The van der Waals surface area contributed by atoms with Gasteiger partial charge in [0.2, 0.25) is 0 Å². The number of benzene rings is 1. The van der Waals surface area contributed by atoms with Crippen LogP contribution in [0.5, 0.6) is 0 Å².